The lowest BCUT2D eigenvalue weighted by atomic mass is 10.00. The molecule has 1 atom stereocenters. The van der Waals surface area contributed by atoms with Gasteiger partial charge >= 0.3 is 12.2 Å². The van der Waals surface area contributed by atoms with Crippen LogP contribution in [0.25, 0.3) is 11.1 Å². The molecular formula is C21H31N5O5. The molecule has 0 bridgehead atoms. The van der Waals surface area contributed by atoms with Crippen molar-refractivity contribution in [2.24, 2.45) is 0 Å². The Morgan fingerprint density at radius 1 is 1.06 bits per heavy atom. The number of aromatic nitrogens is 4. The van der Waals surface area contributed by atoms with Crippen molar-refractivity contribution in [3.63, 3.8) is 0 Å². The third-order valence-corrected chi connectivity index (χ3v) is 4.00. The standard InChI is InChI=1S/C21H31N5O5/c1-13(29-8)9-15-16(14-10-22-23-11-14)12-24-25-17(15)26(18(27)30-20(2,3)4)19(28)31-21(5,6)7/h10-13H,9H2,1-8H3,(H,22,23). The summed E-state index contributed by atoms with van der Waals surface area (Å²) < 4.78 is 16.4. The molecule has 170 valence electrons. The van der Waals surface area contributed by atoms with E-state index in [0.717, 1.165) is 10.5 Å². The number of rotatable bonds is 5. The summed E-state index contributed by atoms with van der Waals surface area (Å²) in [6.45, 7) is 12.1. The van der Waals surface area contributed by atoms with Crippen molar-refractivity contribution in [3.05, 3.63) is 24.2 Å². The molecule has 2 aromatic rings. The van der Waals surface area contributed by atoms with E-state index in [9.17, 15) is 9.59 Å². The quantitative estimate of drug-likeness (QED) is 0.748. The van der Waals surface area contributed by atoms with Crippen LogP contribution in [0.2, 0.25) is 0 Å². The molecule has 10 nitrogen and oxygen atoms in total. The highest BCUT2D eigenvalue weighted by Crippen LogP contribution is 2.31. The Kier molecular flexibility index (Phi) is 7.37. The van der Waals surface area contributed by atoms with Gasteiger partial charge in [-0.15, -0.1) is 5.10 Å². The SMILES string of the molecule is COC(C)Cc1c(-c2cn[nH]c2)cnnc1N(C(=O)OC(C)(C)C)C(=O)OC(C)(C)C. The van der Waals surface area contributed by atoms with E-state index in [1.165, 1.54) is 0 Å². The zero-order valence-electron chi connectivity index (χ0n) is 19.3. The molecule has 0 spiro atoms. The minimum atomic E-state index is -0.910. The molecular weight excluding hydrogens is 402 g/mol. The van der Waals surface area contributed by atoms with Gasteiger partial charge in [0.15, 0.2) is 5.82 Å². The van der Waals surface area contributed by atoms with E-state index >= 15 is 0 Å². The Bertz CT molecular complexity index is 872. The van der Waals surface area contributed by atoms with Crippen molar-refractivity contribution in [1.29, 1.82) is 0 Å². The number of ether oxygens (including phenoxy) is 3. The van der Waals surface area contributed by atoms with Crippen LogP contribution in [0, 0.1) is 0 Å². The third kappa shape index (κ3) is 6.74. The summed E-state index contributed by atoms with van der Waals surface area (Å²) in [5.41, 5.74) is 0.268. The third-order valence-electron chi connectivity index (χ3n) is 4.00. The highest BCUT2D eigenvalue weighted by molar-refractivity contribution is 6.09. The Morgan fingerprint density at radius 3 is 2.10 bits per heavy atom. The normalized spacial score (nSPS) is 12.9. The predicted molar refractivity (Wildman–Crippen MR) is 115 cm³/mol. The summed E-state index contributed by atoms with van der Waals surface area (Å²) in [4.78, 5) is 26.9. The average molecular weight is 434 g/mol. The summed E-state index contributed by atoms with van der Waals surface area (Å²) in [5, 5.41) is 14.9. The second-order valence-electron chi connectivity index (χ2n) is 9.09. The van der Waals surface area contributed by atoms with E-state index in [2.05, 4.69) is 20.4 Å². The van der Waals surface area contributed by atoms with Crippen molar-refractivity contribution >= 4 is 18.0 Å². The van der Waals surface area contributed by atoms with Gasteiger partial charge in [-0.1, -0.05) is 0 Å². The Morgan fingerprint density at radius 2 is 1.65 bits per heavy atom. The molecule has 31 heavy (non-hydrogen) atoms. The van der Waals surface area contributed by atoms with Crippen LogP contribution in [0.1, 0.15) is 54.0 Å². The number of H-pyrrole nitrogens is 1. The van der Waals surface area contributed by atoms with E-state index < -0.39 is 23.4 Å². The van der Waals surface area contributed by atoms with Gasteiger partial charge in [-0.05, 0) is 48.5 Å². The summed E-state index contributed by atoms with van der Waals surface area (Å²) in [6, 6.07) is 0. The van der Waals surface area contributed by atoms with Gasteiger partial charge < -0.3 is 14.2 Å². The Labute approximate surface area is 182 Å². The lowest BCUT2D eigenvalue weighted by Crippen LogP contribution is -2.45. The van der Waals surface area contributed by atoms with Crippen LogP contribution in [0.15, 0.2) is 18.6 Å². The number of hydrogen-bond acceptors (Lipinski definition) is 8. The molecule has 0 aliphatic rings. The molecule has 2 amide bonds. The van der Waals surface area contributed by atoms with Gasteiger partial charge in [-0.3, -0.25) is 5.10 Å². The molecule has 2 rings (SSSR count). The van der Waals surface area contributed by atoms with Gasteiger partial charge in [0.1, 0.15) is 11.2 Å². The number of amides is 2. The lowest BCUT2D eigenvalue weighted by Gasteiger charge is -2.29. The first kappa shape index (κ1) is 24.3. The zero-order chi connectivity index (χ0) is 23.4. The minimum absolute atomic E-state index is 0.0195. The number of nitrogens with one attached hydrogen (secondary N) is 1. The molecule has 10 heteroatoms. The smallest absolute Gasteiger partial charge is 0.425 e. The molecule has 1 unspecified atom stereocenters. The van der Waals surface area contributed by atoms with Gasteiger partial charge in [0.2, 0.25) is 0 Å². The van der Waals surface area contributed by atoms with Gasteiger partial charge in [-0.2, -0.15) is 15.1 Å². The predicted octanol–water partition coefficient (Wildman–Crippen LogP) is 4.12. The maximum atomic E-state index is 13.1. The van der Waals surface area contributed by atoms with E-state index in [1.54, 1.807) is 67.2 Å². The number of carbonyl (C=O) groups is 2. The summed E-state index contributed by atoms with van der Waals surface area (Å²) in [6.07, 6.45) is 3.16. The first-order valence-corrected chi connectivity index (χ1v) is 9.95. The van der Waals surface area contributed by atoms with Crippen LogP contribution in [0.3, 0.4) is 0 Å². The van der Waals surface area contributed by atoms with E-state index in [-0.39, 0.29) is 11.9 Å². The van der Waals surface area contributed by atoms with E-state index in [1.807, 2.05) is 6.92 Å². The van der Waals surface area contributed by atoms with E-state index in [0.29, 0.717) is 17.5 Å². The van der Waals surface area contributed by atoms with Crippen molar-refractivity contribution in [2.45, 2.75) is 72.2 Å². The monoisotopic (exact) mass is 433 g/mol. The molecule has 0 aliphatic heterocycles. The zero-order valence-corrected chi connectivity index (χ0v) is 19.3. The summed E-state index contributed by atoms with van der Waals surface area (Å²) in [5.74, 6) is 0.0195. The molecule has 0 saturated heterocycles. The number of methoxy groups -OCH3 is 1. The lowest BCUT2D eigenvalue weighted by molar-refractivity contribution is 0.0427. The molecule has 0 radical (unpaired) electrons. The topological polar surface area (TPSA) is 120 Å². The van der Waals surface area contributed by atoms with Crippen LogP contribution in [0.5, 0.6) is 0 Å². The van der Waals surface area contributed by atoms with Crippen molar-refractivity contribution in [3.8, 4) is 11.1 Å². The Balaban J connectivity index is 2.66. The van der Waals surface area contributed by atoms with Gasteiger partial charge in [-0.25, -0.2) is 9.59 Å². The first-order chi connectivity index (χ1) is 14.3. The maximum Gasteiger partial charge on any atom is 0.425 e. The van der Waals surface area contributed by atoms with Crippen LogP contribution in [0.4, 0.5) is 15.4 Å². The second-order valence-corrected chi connectivity index (χ2v) is 9.09. The summed E-state index contributed by atoms with van der Waals surface area (Å²) >= 11 is 0. The molecule has 0 fully saturated rings. The number of aromatic amines is 1. The minimum Gasteiger partial charge on any atom is -0.443 e. The van der Waals surface area contributed by atoms with Gasteiger partial charge in [0, 0.05) is 36.4 Å². The second kappa shape index (κ2) is 9.42. The van der Waals surface area contributed by atoms with Crippen molar-refractivity contribution < 1.29 is 23.8 Å². The van der Waals surface area contributed by atoms with Gasteiger partial charge in [0.25, 0.3) is 0 Å². The van der Waals surface area contributed by atoms with Crippen LogP contribution < -0.4 is 4.90 Å². The van der Waals surface area contributed by atoms with Gasteiger partial charge in [0.05, 0.1) is 18.5 Å². The molecule has 2 aromatic heterocycles. The highest BCUT2D eigenvalue weighted by atomic mass is 16.6. The number of nitrogens with zero attached hydrogens (tertiary/aromatic N) is 4. The largest absolute Gasteiger partial charge is 0.443 e. The number of anilines is 1. The summed E-state index contributed by atoms with van der Waals surface area (Å²) in [7, 11) is 1.58. The van der Waals surface area contributed by atoms with Crippen molar-refractivity contribution in [1.82, 2.24) is 20.4 Å². The number of hydrogen-bond donors (Lipinski definition) is 1. The molecule has 0 aliphatic carbocycles. The fourth-order valence-electron chi connectivity index (χ4n) is 2.66. The first-order valence-electron chi connectivity index (χ1n) is 9.95. The highest BCUT2D eigenvalue weighted by Gasteiger charge is 2.36. The van der Waals surface area contributed by atoms with Crippen LogP contribution >= 0.6 is 0 Å². The molecule has 1 N–H and O–H groups in total. The fraction of sp³-hybridized carbons (Fsp3) is 0.571. The number of imide groups is 1. The van der Waals surface area contributed by atoms with Crippen LogP contribution in [-0.4, -0.2) is 57.0 Å². The average Bonchev–Trinajstić information content (AvgIpc) is 3.14. The number of carbonyl (C=O) groups excluding carboxylic acids is 2. The molecule has 0 aromatic carbocycles. The van der Waals surface area contributed by atoms with Crippen LogP contribution in [-0.2, 0) is 20.6 Å². The molecule has 0 saturated carbocycles. The molecule has 2 heterocycles. The van der Waals surface area contributed by atoms with E-state index in [4.69, 9.17) is 14.2 Å². The van der Waals surface area contributed by atoms with Crippen molar-refractivity contribution in [2.75, 3.05) is 12.0 Å². The maximum absolute atomic E-state index is 13.1. The Hall–Kier alpha value is -3.01. The fourth-order valence-corrected chi connectivity index (χ4v) is 2.66.